The van der Waals surface area contributed by atoms with Gasteiger partial charge in [0, 0.05) is 6.20 Å². The van der Waals surface area contributed by atoms with E-state index >= 15 is 0 Å². The highest BCUT2D eigenvalue weighted by Gasteiger charge is 2.35. The molecular formula is C14H17N3O3. The number of hydrogen-bond donors (Lipinski definition) is 1. The summed E-state index contributed by atoms with van der Waals surface area (Å²) in [5.74, 6) is 2.46. The van der Waals surface area contributed by atoms with Gasteiger partial charge in [-0.3, -0.25) is 4.99 Å². The quantitative estimate of drug-likeness (QED) is 0.668. The van der Waals surface area contributed by atoms with E-state index in [2.05, 4.69) is 9.88 Å². The van der Waals surface area contributed by atoms with Gasteiger partial charge in [0.2, 0.25) is 0 Å². The van der Waals surface area contributed by atoms with Crippen molar-refractivity contribution >= 4 is 5.84 Å². The molecule has 2 atom stereocenters. The predicted octanol–water partition coefficient (Wildman–Crippen LogP) is 1.66. The Morgan fingerprint density at radius 2 is 2.30 bits per heavy atom. The Hall–Kier alpha value is -1.89. The maximum Gasteiger partial charge on any atom is 0.144 e. The molecule has 1 aromatic heterocycles. The number of furan rings is 1. The number of nitrogens with zero attached hydrogens (tertiary/aromatic N) is 2. The zero-order valence-electron chi connectivity index (χ0n) is 11.4. The Morgan fingerprint density at radius 3 is 3.00 bits per heavy atom. The molecule has 6 heteroatoms. The van der Waals surface area contributed by atoms with Crippen molar-refractivity contribution in [2.75, 3.05) is 13.7 Å². The lowest BCUT2D eigenvalue weighted by Crippen LogP contribution is -2.40. The Labute approximate surface area is 117 Å². The van der Waals surface area contributed by atoms with Crippen molar-refractivity contribution in [1.82, 2.24) is 4.90 Å². The minimum Gasteiger partial charge on any atom is -0.464 e. The van der Waals surface area contributed by atoms with Gasteiger partial charge in [-0.2, -0.15) is 0 Å². The Morgan fingerprint density at radius 1 is 1.45 bits per heavy atom. The first-order valence-electron chi connectivity index (χ1n) is 6.41. The zero-order chi connectivity index (χ0) is 14.1. The van der Waals surface area contributed by atoms with Gasteiger partial charge in [0.05, 0.1) is 7.11 Å². The third-order valence-electron chi connectivity index (χ3n) is 3.34. The summed E-state index contributed by atoms with van der Waals surface area (Å²) >= 11 is 0. The standard InChI is InChI=1S/C14H17N3O3/c1-9-3-4-11(20-9)13-14(15)17-6-5-10(8-19-18-2)7-12(17)16-13/h3-7,13-14H,8,15H2,1-2H3. The highest BCUT2D eigenvalue weighted by Crippen LogP contribution is 2.32. The lowest BCUT2D eigenvalue weighted by atomic mass is 10.1. The second-order valence-corrected chi connectivity index (χ2v) is 4.74. The van der Waals surface area contributed by atoms with Gasteiger partial charge >= 0.3 is 0 Å². The van der Waals surface area contributed by atoms with Crippen LogP contribution in [0.2, 0.25) is 0 Å². The van der Waals surface area contributed by atoms with Gasteiger partial charge in [0.25, 0.3) is 0 Å². The van der Waals surface area contributed by atoms with Crippen molar-refractivity contribution in [3.05, 3.63) is 47.6 Å². The van der Waals surface area contributed by atoms with Crippen LogP contribution in [-0.4, -0.2) is 30.6 Å². The molecule has 2 aliphatic heterocycles. The van der Waals surface area contributed by atoms with Crippen LogP contribution < -0.4 is 5.73 Å². The predicted molar refractivity (Wildman–Crippen MR) is 73.6 cm³/mol. The van der Waals surface area contributed by atoms with Crippen LogP contribution in [0, 0.1) is 6.92 Å². The molecule has 3 rings (SSSR count). The molecular weight excluding hydrogens is 258 g/mol. The molecule has 3 heterocycles. The summed E-state index contributed by atoms with van der Waals surface area (Å²) in [5.41, 5.74) is 7.21. The van der Waals surface area contributed by atoms with E-state index in [4.69, 9.17) is 15.0 Å². The van der Waals surface area contributed by atoms with Crippen LogP contribution in [0.15, 0.2) is 45.5 Å². The molecule has 2 unspecified atom stereocenters. The minimum atomic E-state index is -0.257. The second kappa shape index (κ2) is 5.24. The molecule has 2 aliphatic rings. The first-order valence-corrected chi connectivity index (χ1v) is 6.41. The van der Waals surface area contributed by atoms with Crippen LogP contribution >= 0.6 is 0 Å². The Kier molecular flexibility index (Phi) is 3.43. The first-order chi connectivity index (χ1) is 9.69. The van der Waals surface area contributed by atoms with Gasteiger partial charge < -0.3 is 15.1 Å². The van der Waals surface area contributed by atoms with E-state index in [9.17, 15) is 0 Å². The number of rotatable bonds is 4. The summed E-state index contributed by atoms with van der Waals surface area (Å²) < 4.78 is 5.63. The number of aliphatic imine (C=N–C) groups is 1. The molecule has 2 N–H and O–H groups in total. The van der Waals surface area contributed by atoms with Crippen LogP contribution in [0.3, 0.4) is 0 Å². The highest BCUT2D eigenvalue weighted by molar-refractivity contribution is 5.97. The summed E-state index contributed by atoms with van der Waals surface area (Å²) in [6.45, 7) is 2.28. The number of amidine groups is 1. The van der Waals surface area contributed by atoms with Crippen LogP contribution in [0.1, 0.15) is 17.6 Å². The fourth-order valence-electron chi connectivity index (χ4n) is 2.33. The Bertz CT molecular complexity index is 588. The third kappa shape index (κ3) is 2.29. The molecule has 106 valence electrons. The van der Waals surface area contributed by atoms with Crippen molar-refractivity contribution in [1.29, 1.82) is 0 Å². The third-order valence-corrected chi connectivity index (χ3v) is 3.34. The van der Waals surface area contributed by atoms with Crippen molar-refractivity contribution in [3.63, 3.8) is 0 Å². The number of nitrogens with two attached hydrogens (primary N) is 1. The topological polar surface area (TPSA) is 73.2 Å². The molecule has 0 aliphatic carbocycles. The van der Waals surface area contributed by atoms with Gasteiger partial charge in [0.1, 0.15) is 36.2 Å². The molecule has 20 heavy (non-hydrogen) atoms. The average Bonchev–Trinajstić information content (AvgIpc) is 3.00. The fourth-order valence-corrected chi connectivity index (χ4v) is 2.33. The van der Waals surface area contributed by atoms with Crippen LogP contribution in [0.25, 0.3) is 0 Å². The van der Waals surface area contributed by atoms with Crippen molar-refractivity contribution < 1.29 is 14.2 Å². The normalized spacial score (nSPS) is 24.6. The average molecular weight is 275 g/mol. The van der Waals surface area contributed by atoms with Crippen LogP contribution in [0.5, 0.6) is 0 Å². The van der Waals surface area contributed by atoms with Crippen molar-refractivity contribution in [2.45, 2.75) is 19.1 Å². The molecule has 0 amide bonds. The minimum absolute atomic E-state index is 0.192. The maximum atomic E-state index is 6.24. The number of aryl methyl sites for hydroxylation is 1. The molecule has 0 radical (unpaired) electrons. The van der Waals surface area contributed by atoms with Crippen molar-refractivity contribution in [2.24, 2.45) is 10.7 Å². The van der Waals surface area contributed by atoms with E-state index in [1.165, 1.54) is 7.11 Å². The summed E-state index contributed by atoms with van der Waals surface area (Å²) in [6.07, 6.45) is 5.53. The summed E-state index contributed by atoms with van der Waals surface area (Å²) in [6, 6.07) is 3.65. The highest BCUT2D eigenvalue weighted by atomic mass is 17.2. The zero-order valence-corrected chi connectivity index (χ0v) is 11.4. The molecule has 0 bridgehead atoms. The molecule has 0 saturated heterocycles. The Balaban J connectivity index is 1.83. The van der Waals surface area contributed by atoms with Gasteiger partial charge in [-0.1, -0.05) is 0 Å². The summed E-state index contributed by atoms with van der Waals surface area (Å²) in [7, 11) is 1.48. The molecule has 6 nitrogen and oxygen atoms in total. The van der Waals surface area contributed by atoms with E-state index in [1.54, 1.807) is 0 Å². The van der Waals surface area contributed by atoms with Gasteiger partial charge in [-0.15, -0.1) is 0 Å². The van der Waals surface area contributed by atoms with Crippen LogP contribution in [-0.2, 0) is 9.78 Å². The van der Waals surface area contributed by atoms with E-state index in [1.807, 2.05) is 42.3 Å². The first kappa shape index (κ1) is 13.1. The van der Waals surface area contributed by atoms with E-state index < -0.39 is 0 Å². The molecule has 1 aromatic rings. The molecule has 0 spiro atoms. The van der Waals surface area contributed by atoms with E-state index in [0.717, 1.165) is 22.9 Å². The SMILES string of the molecule is COOCC1=CC2=NC(c3ccc(C)o3)C(N)N2C=C1. The monoisotopic (exact) mass is 275 g/mol. The smallest absolute Gasteiger partial charge is 0.144 e. The van der Waals surface area contributed by atoms with E-state index in [0.29, 0.717) is 6.61 Å². The molecule has 0 aromatic carbocycles. The number of hydrogen-bond acceptors (Lipinski definition) is 6. The van der Waals surface area contributed by atoms with Gasteiger partial charge in [-0.25, -0.2) is 9.78 Å². The lowest BCUT2D eigenvalue weighted by molar-refractivity contribution is -0.264. The van der Waals surface area contributed by atoms with E-state index in [-0.39, 0.29) is 12.2 Å². The molecule has 0 saturated carbocycles. The van der Waals surface area contributed by atoms with Gasteiger partial charge in [0.15, 0.2) is 0 Å². The number of fused-ring (bicyclic) bond motifs is 1. The maximum absolute atomic E-state index is 6.24. The fraction of sp³-hybridized carbons (Fsp3) is 0.357. The van der Waals surface area contributed by atoms with Gasteiger partial charge in [-0.05, 0) is 36.8 Å². The summed E-state index contributed by atoms with van der Waals surface area (Å²) in [4.78, 5) is 16.1. The summed E-state index contributed by atoms with van der Waals surface area (Å²) in [5, 5.41) is 0. The van der Waals surface area contributed by atoms with Crippen LogP contribution in [0.4, 0.5) is 0 Å². The molecule has 0 fully saturated rings. The lowest BCUT2D eigenvalue weighted by Gasteiger charge is -2.24. The largest absolute Gasteiger partial charge is 0.464 e. The second-order valence-electron chi connectivity index (χ2n) is 4.74. The van der Waals surface area contributed by atoms with Crippen molar-refractivity contribution in [3.8, 4) is 0 Å².